The number of ether oxygens (including phenoxy) is 1. The lowest BCUT2D eigenvalue weighted by atomic mass is 10.1. The number of amides is 1. The second-order valence-corrected chi connectivity index (χ2v) is 5.19. The van der Waals surface area contributed by atoms with E-state index in [4.69, 9.17) is 4.74 Å². The van der Waals surface area contributed by atoms with E-state index in [9.17, 15) is 4.79 Å². The van der Waals surface area contributed by atoms with Crippen LogP contribution in [0.4, 0.5) is 4.79 Å². The van der Waals surface area contributed by atoms with Crippen molar-refractivity contribution in [1.82, 2.24) is 10.2 Å². The maximum atomic E-state index is 12.2. The zero-order valence-corrected chi connectivity index (χ0v) is 12.0. The van der Waals surface area contributed by atoms with Crippen LogP contribution in [0.15, 0.2) is 12.1 Å². The second kappa shape index (κ2) is 6.06. The van der Waals surface area contributed by atoms with Gasteiger partial charge in [-0.2, -0.15) is 0 Å². The Kier molecular flexibility index (Phi) is 4.43. The zero-order chi connectivity index (χ0) is 13.8. The number of benzene rings is 1. The lowest BCUT2D eigenvalue weighted by molar-refractivity contribution is 0.154. The summed E-state index contributed by atoms with van der Waals surface area (Å²) in [4.78, 5) is 14.0. The van der Waals surface area contributed by atoms with Crippen LogP contribution in [0.1, 0.15) is 23.1 Å². The molecule has 4 nitrogen and oxygen atoms in total. The normalized spacial score (nSPS) is 16.1. The molecule has 0 atom stereocenters. The van der Waals surface area contributed by atoms with Crippen molar-refractivity contribution in [3.63, 3.8) is 0 Å². The summed E-state index contributed by atoms with van der Waals surface area (Å²) >= 11 is 0. The van der Waals surface area contributed by atoms with E-state index in [-0.39, 0.29) is 6.09 Å². The molecule has 104 valence electrons. The predicted molar refractivity (Wildman–Crippen MR) is 75.7 cm³/mol. The van der Waals surface area contributed by atoms with Gasteiger partial charge in [0.25, 0.3) is 0 Å². The Morgan fingerprint density at radius 3 is 2.53 bits per heavy atom. The SMILES string of the molecule is Cc1cc(C)c(OC(=O)N2CCCNCC2)c(C)c1. The average molecular weight is 262 g/mol. The molecule has 1 aliphatic heterocycles. The standard InChI is InChI=1S/C15H22N2O2/c1-11-9-12(2)14(13(3)10-11)19-15(18)17-7-4-5-16-6-8-17/h9-10,16H,4-8H2,1-3H3. The molecule has 0 bridgehead atoms. The fraction of sp³-hybridized carbons (Fsp3) is 0.533. The molecule has 0 aromatic heterocycles. The summed E-state index contributed by atoms with van der Waals surface area (Å²) < 4.78 is 5.59. The van der Waals surface area contributed by atoms with Crippen molar-refractivity contribution in [2.75, 3.05) is 26.2 Å². The molecule has 1 fully saturated rings. The lowest BCUT2D eigenvalue weighted by Crippen LogP contribution is -2.36. The van der Waals surface area contributed by atoms with Gasteiger partial charge in [-0.3, -0.25) is 0 Å². The Labute approximate surface area is 114 Å². The third-order valence-corrected chi connectivity index (χ3v) is 3.39. The Morgan fingerprint density at radius 2 is 1.84 bits per heavy atom. The summed E-state index contributed by atoms with van der Waals surface area (Å²) in [5.74, 6) is 0.702. The minimum absolute atomic E-state index is 0.237. The van der Waals surface area contributed by atoms with Gasteiger partial charge in [0.2, 0.25) is 0 Å². The van der Waals surface area contributed by atoms with Crippen molar-refractivity contribution < 1.29 is 9.53 Å². The fourth-order valence-corrected chi connectivity index (χ4v) is 2.51. The topological polar surface area (TPSA) is 41.6 Å². The van der Waals surface area contributed by atoms with Gasteiger partial charge in [-0.1, -0.05) is 17.7 Å². The van der Waals surface area contributed by atoms with Gasteiger partial charge < -0.3 is 15.0 Å². The van der Waals surface area contributed by atoms with Crippen LogP contribution in [0.2, 0.25) is 0 Å². The highest BCUT2D eigenvalue weighted by atomic mass is 16.6. The van der Waals surface area contributed by atoms with Gasteiger partial charge in [-0.15, -0.1) is 0 Å². The molecule has 0 unspecified atom stereocenters. The van der Waals surface area contributed by atoms with Crippen LogP contribution in [0, 0.1) is 20.8 Å². The van der Waals surface area contributed by atoms with E-state index in [1.54, 1.807) is 4.90 Å². The fourth-order valence-electron chi connectivity index (χ4n) is 2.51. The summed E-state index contributed by atoms with van der Waals surface area (Å²) in [5.41, 5.74) is 3.21. The van der Waals surface area contributed by atoms with E-state index >= 15 is 0 Å². The van der Waals surface area contributed by atoms with E-state index in [0.717, 1.165) is 37.2 Å². The first kappa shape index (κ1) is 13.9. The van der Waals surface area contributed by atoms with Gasteiger partial charge in [0.15, 0.2) is 0 Å². The minimum atomic E-state index is -0.237. The van der Waals surface area contributed by atoms with E-state index < -0.39 is 0 Å². The summed E-state index contributed by atoms with van der Waals surface area (Å²) in [6.45, 7) is 9.27. The monoisotopic (exact) mass is 262 g/mol. The summed E-state index contributed by atoms with van der Waals surface area (Å²) in [5, 5.41) is 3.28. The molecular weight excluding hydrogens is 240 g/mol. The second-order valence-electron chi connectivity index (χ2n) is 5.19. The first-order valence-corrected chi connectivity index (χ1v) is 6.83. The number of carbonyl (C=O) groups excluding carboxylic acids is 1. The molecule has 19 heavy (non-hydrogen) atoms. The summed E-state index contributed by atoms with van der Waals surface area (Å²) in [6.07, 6.45) is 0.736. The molecule has 0 spiro atoms. The van der Waals surface area contributed by atoms with Crippen LogP contribution in [0.25, 0.3) is 0 Å². The third kappa shape index (κ3) is 3.47. The minimum Gasteiger partial charge on any atom is -0.410 e. The Bertz CT molecular complexity index is 440. The molecule has 4 heteroatoms. The van der Waals surface area contributed by atoms with Crippen molar-refractivity contribution in [2.45, 2.75) is 27.2 Å². The number of rotatable bonds is 1. The molecule has 1 N–H and O–H groups in total. The molecule has 1 aromatic carbocycles. The third-order valence-electron chi connectivity index (χ3n) is 3.39. The molecule has 1 amide bonds. The average Bonchev–Trinajstić information content (AvgIpc) is 2.62. The van der Waals surface area contributed by atoms with Gasteiger partial charge >= 0.3 is 6.09 Å². The summed E-state index contributed by atoms with van der Waals surface area (Å²) in [6, 6.07) is 4.08. The largest absolute Gasteiger partial charge is 0.415 e. The van der Waals surface area contributed by atoms with Gasteiger partial charge in [-0.05, 0) is 44.9 Å². The Morgan fingerprint density at radius 1 is 1.16 bits per heavy atom. The maximum absolute atomic E-state index is 12.2. The number of aryl methyl sites for hydroxylation is 3. The van der Waals surface area contributed by atoms with Crippen LogP contribution in [-0.2, 0) is 0 Å². The van der Waals surface area contributed by atoms with Gasteiger partial charge in [0.1, 0.15) is 5.75 Å². The highest BCUT2D eigenvalue weighted by molar-refractivity contribution is 5.71. The molecule has 0 radical (unpaired) electrons. The predicted octanol–water partition coefficient (Wildman–Crippen LogP) is 2.41. The van der Waals surface area contributed by atoms with Crippen LogP contribution in [0.3, 0.4) is 0 Å². The molecule has 0 aliphatic carbocycles. The van der Waals surface area contributed by atoms with Crippen molar-refractivity contribution in [3.05, 3.63) is 28.8 Å². The Hall–Kier alpha value is -1.55. The number of nitrogens with one attached hydrogen (secondary N) is 1. The molecule has 2 rings (SSSR count). The van der Waals surface area contributed by atoms with E-state index in [0.29, 0.717) is 12.3 Å². The molecule has 0 saturated carbocycles. The van der Waals surface area contributed by atoms with Crippen molar-refractivity contribution >= 4 is 6.09 Å². The highest BCUT2D eigenvalue weighted by Crippen LogP contribution is 2.25. The van der Waals surface area contributed by atoms with Crippen LogP contribution < -0.4 is 10.1 Å². The highest BCUT2D eigenvalue weighted by Gasteiger charge is 2.19. The molecule has 1 aromatic rings. The first-order valence-electron chi connectivity index (χ1n) is 6.83. The van der Waals surface area contributed by atoms with Crippen molar-refractivity contribution in [2.24, 2.45) is 0 Å². The van der Waals surface area contributed by atoms with Gasteiger partial charge in [0, 0.05) is 19.6 Å². The van der Waals surface area contributed by atoms with E-state index in [1.165, 1.54) is 5.56 Å². The number of hydrogen-bond donors (Lipinski definition) is 1. The smallest absolute Gasteiger partial charge is 0.410 e. The van der Waals surface area contributed by atoms with Crippen LogP contribution >= 0.6 is 0 Å². The first-order chi connectivity index (χ1) is 9.08. The van der Waals surface area contributed by atoms with Crippen LogP contribution in [0.5, 0.6) is 5.75 Å². The molecular formula is C15H22N2O2. The number of carbonyl (C=O) groups is 1. The van der Waals surface area contributed by atoms with E-state index in [1.807, 2.05) is 32.9 Å². The van der Waals surface area contributed by atoms with Gasteiger partial charge in [0.05, 0.1) is 0 Å². The van der Waals surface area contributed by atoms with Crippen LogP contribution in [-0.4, -0.2) is 37.2 Å². The molecule has 1 aliphatic rings. The van der Waals surface area contributed by atoms with E-state index in [2.05, 4.69) is 5.32 Å². The summed E-state index contributed by atoms with van der Waals surface area (Å²) in [7, 11) is 0. The number of hydrogen-bond acceptors (Lipinski definition) is 3. The lowest BCUT2D eigenvalue weighted by Gasteiger charge is -2.20. The van der Waals surface area contributed by atoms with Crippen molar-refractivity contribution in [1.29, 1.82) is 0 Å². The maximum Gasteiger partial charge on any atom is 0.415 e. The zero-order valence-electron chi connectivity index (χ0n) is 12.0. The molecule has 1 heterocycles. The van der Waals surface area contributed by atoms with Crippen molar-refractivity contribution in [3.8, 4) is 5.75 Å². The van der Waals surface area contributed by atoms with Gasteiger partial charge in [-0.25, -0.2) is 4.79 Å². The molecule has 1 saturated heterocycles. The number of nitrogens with zero attached hydrogens (tertiary/aromatic N) is 1. The Balaban J connectivity index is 2.10. The quantitative estimate of drug-likeness (QED) is 0.845.